The van der Waals surface area contributed by atoms with Crippen molar-refractivity contribution in [3.8, 4) is 0 Å². The molecule has 5 heteroatoms. The van der Waals surface area contributed by atoms with Crippen molar-refractivity contribution in [2.24, 2.45) is 0 Å². The Morgan fingerprint density at radius 2 is 2.22 bits per heavy atom. The number of anilines is 1. The van der Waals surface area contributed by atoms with E-state index >= 15 is 0 Å². The van der Waals surface area contributed by atoms with Crippen molar-refractivity contribution < 1.29 is 0 Å². The Hall–Kier alpha value is -0.940. The van der Waals surface area contributed by atoms with Crippen LogP contribution in [0.15, 0.2) is 27.5 Å². The third-order valence-corrected chi connectivity index (χ3v) is 3.73. The topological polar surface area (TPSA) is 29.0 Å². The fraction of sp³-hybridized carbons (Fsp3) is 0.385. The number of halogens is 1. The zero-order valence-electron chi connectivity index (χ0n) is 10.6. The summed E-state index contributed by atoms with van der Waals surface area (Å²) in [5.74, 6) is 1.87. The highest BCUT2D eigenvalue weighted by Crippen LogP contribution is 2.19. The summed E-state index contributed by atoms with van der Waals surface area (Å²) in [6.07, 6.45) is 1.98. The molecule has 3 nitrogen and oxygen atoms in total. The summed E-state index contributed by atoms with van der Waals surface area (Å²) in [4.78, 5) is 11.1. The normalized spacial score (nSPS) is 10.6. The van der Waals surface area contributed by atoms with E-state index in [0.29, 0.717) is 0 Å². The van der Waals surface area contributed by atoms with Crippen molar-refractivity contribution in [3.05, 3.63) is 38.9 Å². The number of nitrogens with zero attached hydrogens (tertiary/aromatic N) is 3. The third kappa shape index (κ3) is 3.53. The van der Waals surface area contributed by atoms with Crippen LogP contribution in [-0.2, 0) is 13.0 Å². The SMILES string of the molecule is CCCc1nc(Br)cc(N(C)Cc2ccsc2)n1. The molecule has 0 unspecified atom stereocenters. The first-order chi connectivity index (χ1) is 8.69. The van der Waals surface area contributed by atoms with Crippen LogP contribution in [0.5, 0.6) is 0 Å². The standard InChI is InChI=1S/C13H16BrN3S/c1-3-4-12-15-11(14)7-13(16-12)17(2)8-10-5-6-18-9-10/h5-7,9H,3-4,8H2,1-2H3. The van der Waals surface area contributed by atoms with Crippen LogP contribution in [0.25, 0.3) is 0 Å². The first-order valence-corrected chi connectivity index (χ1v) is 7.68. The van der Waals surface area contributed by atoms with E-state index in [1.807, 2.05) is 6.07 Å². The maximum absolute atomic E-state index is 4.59. The second kappa shape index (κ2) is 6.29. The summed E-state index contributed by atoms with van der Waals surface area (Å²) in [5.41, 5.74) is 1.31. The van der Waals surface area contributed by atoms with Gasteiger partial charge in [0.1, 0.15) is 16.2 Å². The molecule has 0 fully saturated rings. The molecule has 96 valence electrons. The summed E-state index contributed by atoms with van der Waals surface area (Å²) in [6, 6.07) is 4.11. The quantitative estimate of drug-likeness (QED) is 0.781. The third-order valence-electron chi connectivity index (χ3n) is 2.59. The van der Waals surface area contributed by atoms with E-state index in [1.54, 1.807) is 11.3 Å². The second-order valence-corrected chi connectivity index (χ2v) is 5.80. The molecule has 0 saturated carbocycles. The molecule has 0 aliphatic carbocycles. The van der Waals surface area contributed by atoms with E-state index in [4.69, 9.17) is 0 Å². The van der Waals surface area contributed by atoms with Gasteiger partial charge in [0.05, 0.1) is 0 Å². The number of thiophene rings is 1. The molecule has 2 rings (SSSR count). The van der Waals surface area contributed by atoms with Crippen LogP contribution >= 0.6 is 27.3 Å². The lowest BCUT2D eigenvalue weighted by atomic mass is 10.3. The van der Waals surface area contributed by atoms with E-state index in [1.165, 1.54) is 5.56 Å². The molecule has 2 heterocycles. The van der Waals surface area contributed by atoms with Gasteiger partial charge in [0.15, 0.2) is 0 Å². The van der Waals surface area contributed by atoms with Crippen molar-refractivity contribution in [2.45, 2.75) is 26.3 Å². The Balaban J connectivity index is 2.16. The highest BCUT2D eigenvalue weighted by molar-refractivity contribution is 9.10. The Labute approximate surface area is 120 Å². The van der Waals surface area contributed by atoms with Crippen molar-refractivity contribution in [1.82, 2.24) is 9.97 Å². The van der Waals surface area contributed by atoms with Gasteiger partial charge in [-0.25, -0.2) is 9.97 Å². The molecule has 2 aromatic rings. The molecule has 0 atom stereocenters. The fourth-order valence-corrected chi connectivity index (χ4v) is 2.79. The largest absolute Gasteiger partial charge is 0.355 e. The van der Waals surface area contributed by atoms with E-state index in [-0.39, 0.29) is 0 Å². The van der Waals surface area contributed by atoms with Gasteiger partial charge in [-0.1, -0.05) is 6.92 Å². The highest BCUT2D eigenvalue weighted by Gasteiger charge is 2.08. The Bertz CT molecular complexity index is 499. The minimum atomic E-state index is 0.855. The minimum Gasteiger partial charge on any atom is -0.355 e. The van der Waals surface area contributed by atoms with Crippen LogP contribution < -0.4 is 4.90 Å². The smallest absolute Gasteiger partial charge is 0.133 e. The van der Waals surface area contributed by atoms with Crippen LogP contribution in [-0.4, -0.2) is 17.0 Å². The second-order valence-electron chi connectivity index (χ2n) is 4.20. The molecule has 0 amide bonds. The van der Waals surface area contributed by atoms with Gasteiger partial charge < -0.3 is 4.90 Å². The van der Waals surface area contributed by atoms with Crippen molar-refractivity contribution in [1.29, 1.82) is 0 Å². The van der Waals surface area contributed by atoms with Crippen LogP contribution in [0.4, 0.5) is 5.82 Å². The molecule has 2 aromatic heterocycles. The van der Waals surface area contributed by atoms with Gasteiger partial charge in [-0.3, -0.25) is 0 Å². The summed E-state index contributed by atoms with van der Waals surface area (Å²) in [6.45, 7) is 3.01. The van der Waals surface area contributed by atoms with Crippen LogP contribution in [0, 0.1) is 0 Å². The molecular formula is C13H16BrN3S. The van der Waals surface area contributed by atoms with Crippen LogP contribution in [0.1, 0.15) is 24.7 Å². The summed E-state index contributed by atoms with van der Waals surface area (Å²) in [5, 5.41) is 4.27. The number of rotatable bonds is 5. The number of hydrogen-bond donors (Lipinski definition) is 0. The predicted octanol–water partition coefficient (Wildman–Crippen LogP) is 3.89. The maximum atomic E-state index is 4.59. The zero-order valence-corrected chi connectivity index (χ0v) is 13.0. The molecule has 0 N–H and O–H groups in total. The molecule has 0 saturated heterocycles. The number of aromatic nitrogens is 2. The molecular weight excluding hydrogens is 310 g/mol. The molecule has 0 aromatic carbocycles. The van der Waals surface area contributed by atoms with Gasteiger partial charge >= 0.3 is 0 Å². The Morgan fingerprint density at radius 1 is 1.39 bits per heavy atom. The molecule has 0 spiro atoms. The van der Waals surface area contributed by atoms with E-state index in [2.05, 4.69) is 61.6 Å². The van der Waals surface area contributed by atoms with Gasteiger partial charge in [0, 0.05) is 26.1 Å². The summed E-state index contributed by atoms with van der Waals surface area (Å²) < 4.78 is 0.855. The first-order valence-electron chi connectivity index (χ1n) is 5.94. The zero-order chi connectivity index (χ0) is 13.0. The van der Waals surface area contributed by atoms with Gasteiger partial charge in [-0.2, -0.15) is 11.3 Å². The van der Waals surface area contributed by atoms with Gasteiger partial charge in [-0.15, -0.1) is 0 Å². The van der Waals surface area contributed by atoms with E-state index in [0.717, 1.165) is 35.6 Å². The maximum Gasteiger partial charge on any atom is 0.133 e. The minimum absolute atomic E-state index is 0.855. The predicted molar refractivity (Wildman–Crippen MR) is 80.2 cm³/mol. The lowest BCUT2D eigenvalue weighted by Crippen LogP contribution is -2.18. The molecule has 0 radical (unpaired) electrons. The summed E-state index contributed by atoms with van der Waals surface area (Å²) in [7, 11) is 2.06. The first kappa shape index (κ1) is 13.5. The number of aryl methyl sites for hydroxylation is 1. The van der Waals surface area contributed by atoms with E-state index in [9.17, 15) is 0 Å². The number of hydrogen-bond acceptors (Lipinski definition) is 4. The molecule has 0 aliphatic heterocycles. The lowest BCUT2D eigenvalue weighted by Gasteiger charge is -2.18. The van der Waals surface area contributed by atoms with Gasteiger partial charge in [-0.05, 0) is 44.7 Å². The molecule has 0 bridgehead atoms. The Kier molecular flexibility index (Phi) is 4.72. The average Bonchev–Trinajstić information content (AvgIpc) is 2.81. The van der Waals surface area contributed by atoms with Crippen LogP contribution in [0.2, 0.25) is 0 Å². The highest BCUT2D eigenvalue weighted by atomic mass is 79.9. The van der Waals surface area contributed by atoms with Crippen molar-refractivity contribution in [3.63, 3.8) is 0 Å². The lowest BCUT2D eigenvalue weighted by molar-refractivity contribution is 0.807. The monoisotopic (exact) mass is 325 g/mol. The van der Waals surface area contributed by atoms with Crippen molar-refractivity contribution in [2.75, 3.05) is 11.9 Å². The average molecular weight is 326 g/mol. The van der Waals surface area contributed by atoms with Gasteiger partial charge in [0.2, 0.25) is 0 Å². The van der Waals surface area contributed by atoms with Crippen molar-refractivity contribution >= 4 is 33.1 Å². The molecule has 0 aliphatic rings. The van der Waals surface area contributed by atoms with E-state index < -0.39 is 0 Å². The Morgan fingerprint density at radius 3 is 2.89 bits per heavy atom. The van der Waals surface area contributed by atoms with Crippen LogP contribution in [0.3, 0.4) is 0 Å². The molecule has 18 heavy (non-hydrogen) atoms. The fourth-order valence-electron chi connectivity index (χ4n) is 1.72. The van der Waals surface area contributed by atoms with Gasteiger partial charge in [0.25, 0.3) is 0 Å². The summed E-state index contributed by atoms with van der Waals surface area (Å²) >= 11 is 5.18.